The Morgan fingerprint density at radius 1 is 0.879 bits per heavy atom. The second kappa shape index (κ2) is 10.4. The van der Waals surface area contributed by atoms with Crippen molar-refractivity contribution in [1.29, 1.82) is 0 Å². The van der Waals surface area contributed by atoms with Gasteiger partial charge in [-0.3, -0.25) is 0 Å². The van der Waals surface area contributed by atoms with Crippen molar-refractivity contribution in [2.24, 2.45) is 0 Å². The summed E-state index contributed by atoms with van der Waals surface area (Å²) in [5.41, 5.74) is 3.33. The summed E-state index contributed by atoms with van der Waals surface area (Å²) in [5.74, 6) is -1.84. The van der Waals surface area contributed by atoms with E-state index in [9.17, 15) is 13.2 Å². The highest BCUT2D eigenvalue weighted by atomic mass is 19.2. The smallest absolute Gasteiger partial charge is 0.166 e. The molecule has 0 saturated carbocycles. The molecule has 3 aromatic carbocycles. The van der Waals surface area contributed by atoms with Crippen LogP contribution in [0, 0.1) is 24.4 Å². The number of benzene rings is 3. The summed E-state index contributed by atoms with van der Waals surface area (Å²) >= 11 is 0. The maximum absolute atomic E-state index is 15.0. The quantitative estimate of drug-likeness (QED) is 0.343. The number of ether oxygens (including phenoxy) is 1. The zero-order valence-electron chi connectivity index (χ0n) is 19.1. The van der Waals surface area contributed by atoms with Crippen LogP contribution in [0.5, 0.6) is 0 Å². The highest BCUT2D eigenvalue weighted by Crippen LogP contribution is 2.34. The van der Waals surface area contributed by atoms with E-state index in [1.165, 1.54) is 6.92 Å². The molecule has 1 aliphatic heterocycles. The number of rotatable bonds is 6. The monoisotopic (exact) mass is 450 g/mol. The summed E-state index contributed by atoms with van der Waals surface area (Å²) in [5, 5.41) is 0. The van der Waals surface area contributed by atoms with E-state index in [2.05, 4.69) is 12.2 Å². The molecule has 33 heavy (non-hydrogen) atoms. The predicted octanol–water partition coefficient (Wildman–Crippen LogP) is 8.37. The van der Waals surface area contributed by atoms with Crippen molar-refractivity contribution < 1.29 is 17.9 Å². The molecule has 2 atom stereocenters. The van der Waals surface area contributed by atoms with Gasteiger partial charge < -0.3 is 4.74 Å². The molecule has 1 fully saturated rings. The fourth-order valence-electron chi connectivity index (χ4n) is 4.48. The number of halogens is 3. The number of hydrogen-bond donors (Lipinski definition) is 0. The number of aryl methyl sites for hydroxylation is 1. The van der Waals surface area contributed by atoms with Crippen LogP contribution in [0.3, 0.4) is 0 Å². The third-order valence-corrected chi connectivity index (χ3v) is 6.51. The molecule has 4 rings (SSSR count). The highest BCUT2D eigenvalue weighted by Gasteiger charge is 2.24. The molecular weight excluding hydrogens is 421 g/mol. The van der Waals surface area contributed by atoms with Gasteiger partial charge in [0.2, 0.25) is 0 Å². The fourth-order valence-corrected chi connectivity index (χ4v) is 4.48. The summed E-state index contributed by atoms with van der Waals surface area (Å²) in [6, 6.07) is 15.5. The van der Waals surface area contributed by atoms with Crippen LogP contribution in [0.1, 0.15) is 49.7 Å². The Kier molecular flexibility index (Phi) is 7.34. The molecule has 0 amide bonds. The Morgan fingerprint density at radius 3 is 2.27 bits per heavy atom. The van der Waals surface area contributed by atoms with Gasteiger partial charge >= 0.3 is 0 Å². The first-order valence-corrected chi connectivity index (χ1v) is 11.6. The predicted molar refractivity (Wildman–Crippen MR) is 128 cm³/mol. The van der Waals surface area contributed by atoms with Gasteiger partial charge in [-0.25, -0.2) is 13.2 Å². The standard InChI is InChI=1S/C29H29F3O/c1-3-4-5-6-24-14-12-23(18-33-24)25-16-13-22(17-27(25)30)20-8-10-21(11-9-20)26-15-7-19(2)28(31)29(26)32/h3-4,7-11,13,15-17,23-24H,5-6,12,14,18H2,1-2H3/b4-3+. The van der Waals surface area contributed by atoms with E-state index >= 15 is 0 Å². The first kappa shape index (κ1) is 23.3. The average Bonchev–Trinajstić information content (AvgIpc) is 2.83. The lowest BCUT2D eigenvalue weighted by Crippen LogP contribution is -2.25. The fraction of sp³-hybridized carbons (Fsp3) is 0.310. The van der Waals surface area contributed by atoms with E-state index in [0.29, 0.717) is 17.7 Å². The Hall–Kier alpha value is -2.85. The van der Waals surface area contributed by atoms with Gasteiger partial charge in [0.15, 0.2) is 11.6 Å². The molecule has 4 heteroatoms. The first-order chi connectivity index (χ1) is 16.0. The molecule has 0 radical (unpaired) electrons. The lowest BCUT2D eigenvalue weighted by atomic mass is 9.89. The van der Waals surface area contributed by atoms with Crippen molar-refractivity contribution in [3.63, 3.8) is 0 Å². The van der Waals surface area contributed by atoms with Gasteiger partial charge in [0.05, 0.1) is 12.7 Å². The molecule has 0 aliphatic carbocycles. The molecule has 1 heterocycles. The Morgan fingerprint density at radius 2 is 1.61 bits per heavy atom. The van der Waals surface area contributed by atoms with Gasteiger partial charge in [-0.05, 0) is 73.4 Å². The zero-order valence-corrected chi connectivity index (χ0v) is 19.1. The number of hydrogen-bond acceptors (Lipinski definition) is 1. The molecule has 2 unspecified atom stereocenters. The highest BCUT2D eigenvalue weighted by molar-refractivity contribution is 5.71. The molecule has 3 aromatic rings. The van der Waals surface area contributed by atoms with Gasteiger partial charge in [0.1, 0.15) is 5.82 Å². The molecule has 0 N–H and O–H groups in total. The van der Waals surface area contributed by atoms with Crippen LogP contribution in [-0.4, -0.2) is 12.7 Å². The van der Waals surface area contributed by atoms with Crippen LogP contribution < -0.4 is 0 Å². The summed E-state index contributed by atoms with van der Waals surface area (Å²) in [7, 11) is 0. The minimum Gasteiger partial charge on any atom is -0.378 e. The minimum atomic E-state index is -0.850. The van der Waals surface area contributed by atoms with E-state index in [0.717, 1.165) is 36.8 Å². The molecule has 1 saturated heterocycles. The second-order valence-electron chi connectivity index (χ2n) is 8.75. The van der Waals surface area contributed by atoms with Crippen LogP contribution in [0.2, 0.25) is 0 Å². The summed E-state index contributed by atoms with van der Waals surface area (Å²) in [4.78, 5) is 0. The van der Waals surface area contributed by atoms with Gasteiger partial charge in [-0.1, -0.05) is 60.7 Å². The molecule has 172 valence electrons. The summed E-state index contributed by atoms with van der Waals surface area (Å²) in [6.45, 7) is 4.10. The Bertz CT molecular complexity index is 1130. The molecule has 1 nitrogen and oxygen atoms in total. The van der Waals surface area contributed by atoms with Gasteiger partial charge in [-0.2, -0.15) is 0 Å². The van der Waals surface area contributed by atoms with Crippen molar-refractivity contribution in [3.8, 4) is 22.3 Å². The summed E-state index contributed by atoms with van der Waals surface area (Å²) < 4.78 is 49.2. The second-order valence-corrected chi connectivity index (χ2v) is 8.75. The van der Waals surface area contributed by atoms with Crippen molar-refractivity contribution in [2.45, 2.75) is 51.6 Å². The van der Waals surface area contributed by atoms with E-state index in [1.54, 1.807) is 42.5 Å². The van der Waals surface area contributed by atoms with Crippen molar-refractivity contribution in [1.82, 2.24) is 0 Å². The van der Waals surface area contributed by atoms with Gasteiger partial charge in [0, 0.05) is 11.5 Å². The third kappa shape index (κ3) is 5.22. The Balaban J connectivity index is 1.46. The van der Waals surface area contributed by atoms with Crippen LogP contribution in [-0.2, 0) is 4.74 Å². The zero-order chi connectivity index (χ0) is 23.4. The molecule has 0 bridgehead atoms. The summed E-state index contributed by atoms with van der Waals surface area (Å²) in [6.07, 6.45) is 8.34. The molecular formula is C29H29F3O. The SMILES string of the molecule is C/C=C/CCC1CCC(c2ccc(-c3ccc(-c4ccc(C)c(F)c4F)cc3)cc2F)CO1. The lowest BCUT2D eigenvalue weighted by Gasteiger charge is -2.29. The first-order valence-electron chi connectivity index (χ1n) is 11.6. The van der Waals surface area contributed by atoms with Gasteiger partial charge in [0.25, 0.3) is 0 Å². The maximum atomic E-state index is 15.0. The minimum absolute atomic E-state index is 0.0683. The van der Waals surface area contributed by atoms with E-state index < -0.39 is 11.6 Å². The van der Waals surface area contributed by atoms with Crippen molar-refractivity contribution in [2.75, 3.05) is 6.61 Å². The van der Waals surface area contributed by atoms with Crippen molar-refractivity contribution in [3.05, 3.63) is 95.3 Å². The van der Waals surface area contributed by atoms with E-state index in [4.69, 9.17) is 4.74 Å². The molecule has 0 spiro atoms. The van der Waals surface area contributed by atoms with Crippen LogP contribution in [0.4, 0.5) is 13.2 Å². The largest absolute Gasteiger partial charge is 0.378 e. The topological polar surface area (TPSA) is 9.23 Å². The van der Waals surface area contributed by atoms with E-state index in [1.807, 2.05) is 19.1 Å². The third-order valence-electron chi connectivity index (χ3n) is 6.51. The lowest BCUT2D eigenvalue weighted by molar-refractivity contribution is -0.000797. The van der Waals surface area contributed by atoms with E-state index in [-0.39, 0.29) is 29.0 Å². The van der Waals surface area contributed by atoms with Crippen LogP contribution in [0.15, 0.2) is 66.7 Å². The number of allylic oxidation sites excluding steroid dienone is 2. The molecule has 1 aliphatic rings. The maximum Gasteiger partial charge on any atom is 0.166 e. The normalized spacial score (nSPS) is 18.7. The Labute approximate surface area is 193 Å². The van der Waals surface area contributed by atoms with Crippen LogP contribution >= 0.6 is 0 Å². The van der Waals surface area contributed by atoms with Gasteiger partial charge in [-0.15, -0.1) is 0 Å². The van der Waals surface area contributed by atoms with Crippen LogP contribution in [0.25, 0.3) is 22.3 Å². The van der Waals surface area contributed by atoms with Crippen molar-refractivity contribution >= 4 is 0 Å². The molecule has 0 aromatic heterocycles. The average molecular weight is 451 g/mol.